The summed E-state index contributed by atoms with van der Waals surface area (Å²) in [4.78, 5) is -0.0641. The van der Waals surface area contributed by atoms with Crippen molar-refractivity contribution in [2.75, 3.05) is 12.3 Å². The maximum Gasteiger partial charge on any atom is 0.240 e. The van der Waals surface area contributed by atoms with Gasteiger partial charge in [0.05, 0.1) is 10.6 Å². The Morgan fingerprint density at radius 2 is 2.05 bits per heavy atom. The highest BCUT2D eigenvalue weighted by Crippen LogP contribution is 2.60. The first-order chi connectivity index (χ1) is 8.93. The summed E-state index contributed by atoms with van der Waals surface area (Å²) >= 11 is 0. The molecule has 0 bridgehead atoms. The summed E-state index contributed by atoms with van der Waals surface area (Å²) in [6.45, 7) is 0.464. The summed E-state index contributed by atoms with van der Waals surface area (Å²) < 4.78 is 40.1. The fraction of sp³-hybridized carbons (Fsp3) is 0.538. The second-order valence-electron chi connectivity index (χ2n) is 5.64. The minimum Gasteiger partial charge on any atom is -0.396 e. The van der Waals surface area contributed by atoms with Crippen LogP contribution in [0.4, 0.5) is 10.1 Å². The zero-order valence-electron chi connectivity index (χ0n) is 10.5. The summed E-state index contributed by atoms with van der Waals surface area (Å²) in [6, 6.07) is 3.57. The van der Waals surface area contributed by atoms with Crippen molar-refractivity contribution < 1.29 is 12.8 Å². The van der Waals surface area contributed by atoms with Crippen LogP contribution in [-0.2, 0) is 10.0 Å². The maximum atomic E-state index is 13.3. The summed E-state index contributed by atoms with van der Waals surface area (Å²) in [6.07, 6.45) is 4.60. The summed E-state index contributed by atoms with van der Waals surface area (Å²) in [5, 5.41) is 0. The van der Waals surface area contributed by atoms with Crippen LogP contribution in [0.15, 0.2) is 23.1 Å². The summed E-state index contributed by atoms with van der Waals surface area (Å²) in [7, 11) is -3.64. The van der Waals surface area contributed by atoms with E-state index in [2.05, 4.69) is 4.72 Å². The van der Waals surface area contributed by atoms with E-state index in [1.807, 2.05) is 0 Å². The maximum absolute atomic E-state index is 13.3. The molecule has 1 aromatic carbocycles. The van der Waals surface area contributed by atoms with Crippen LogP contribution >= 0.6 is 0 Å². The van der Waals surface area contributed by atoms with Gasteiger partial charge in [-0.3, -0.25) is 0 Å². The molecular weight excluding hydrogens is 267 g/mol. The minimum absolute atomic E-state index is 0.0457. The molecule has 0 aromatic heterocycles. The van der Waals surface area contributed by atoms with Gasteiger partial charge in [0.15, 0.2) is 0 Å². The lowest BCUT2D eigenvalue weighted by molar-refractivity contribution is 0.432. The molecule has 0 aliphatic heterocycles. The number of sulfonamides is 1. The Kier molecular flexibility index (Phi) is 2.83. The first-order valence-corrected chi connectivity index (χ1v) is 7.96. The summed E-state index contributed by atoms with van der Waals surface area (Å²) in [5.74, 6) is -0.0236. The molecule has 0 heterocycles. The number of hydrogen-bond donors (Lipinski definition) is 2. The number of nitrogens with two attached hydrogens (primary N) is 1. The van der Waals surface area contributed by atoms with Gasteiger partial charge in [-0.25, -0.2) is 17.5 Å². The molecule has 19 heavy (non-hydrogen) atoms. The molecule has 0 spiro atoms. The van der Waals surface area contributed by atoms with Gasteiger partial charge in [-0.15, -0.1) is 0 Å². The normalized spacial score (nSPS) is 21.3. The molecule has 2 aliphatic carbocycles. The van der Waals surface area contributed by atoms with Crippen LogP contribution in [0.1, 0.15) is 25.7 Å². The van der Waals surface area contributed by atoms with Gasteiger partial charge in [0.2, 0.25) is 10.0 Å². The Morgan fingerprint density at radius 1 is 1.37 bits per heavy atom. The first kappa shape index (κ1) is 12.9. The van der Waals surface area contributed by atoms with Gasteiger partial charge in [-0.2, -0.15) is 0 Å². The molecule has 0 amide bonds. The number of halogens is 1. The van der Waals surface area contributed by atoms with Crippen molar-refractivity contribution >= 4 is 15.7 Å². The molecule has 4 nitrogen and oxygen atoms in total. The second kappa shape index (κ2) is 4.18. The number of benzene rings is 1. The van der Waals surface area contributed by atoms with Crippen LogP contribution < -0.4 is 10.5 Å². The molecule has 2 fully saturated rings. The standard InChI is InChI=1S/C13H17FN2O2S/c14-11-7-10(3-4-12(11)15)19(17,18)16-8-13(5-6-13)9-1-2-9/h3-4,7,9,16H,1-2,5-6,8,15H2. The lowest BCUT2D eigenvalue weighted by atomic mass is 10.0. The molecule has 2 aliphatic rings. The van der Waals surface area contributed by atoms with Crippen molar-refractivity contribution in [1.29, 1.82) is 0 Å². The number of anilines is 1. The van der Waals surface area contributed by atoms with E-state index in [9.17, 15) is 12.8 Å². The van der Waals surface area contributed by atoms with Crippen LogP contribution in [0.25, 0.3) is 0 Å². The van der Waals surface area contributed by atoms with E-state index in [4.69, 9.17) is 5.73 Å². The highest BCUT2D eigenvalue weighted by molar-refractivity contribution is 7.89. The third-order valence-electron chi connectivity index (χ3n) is 4.23. The Labute approximate surface area is 112 Å². The molecule has 0 unspecified atom stereocenters. The molecule has 6 heteroatoms. The quantitative estimate of drug-likeness (QED) is 0.811. The van der Waals surface area contributed by atoms with Gasteiger partial charge in [0, 0.05) is 6.54 Å². The van der Waals surface area contributed by atoms with Gasteiger partial charge in [-0.1, -0.05) is 0 Å². The van der Waals surface area contributed by atoms with Gasteiger partial charge in [-0.05, 0) is 55.2 Å². The van der Waals surface area contributed by atoms with Crippen LogP contribution in [0.3, 0.4) is 0 Å². The van der Waals surface area contributed by atoms with Crippen LogP contribution in [0.5, 0.6) is 0 Å². The predicted molar refractivity (Wildman–Crippen MR) is 70.4 cm³/mol. The average Bonchev–Trinajstić information content (AvgIpc) is 3.23. The SMILES string of the molecule is Nc1ccc(S(=O)(=O)NCC2(C3CC3)CC2)cc1F. The molecule has 1 aromatic rings. The topological polar surface area (TPSA) is 72.2 Å². The highest BCUT2D eigenvalue weighted by atomic mass is 32.2. The Bertz CT molecular complexity index is 607. The number of rotatable bonds is 5. The van der Waals surface area contributed by atoms with Crippen molar-refractivity contribution in [1.82, 2.24) is 4.72 Å². The van der Waals surface area contributed by atoms with E-state index in [1.54, 1.807) is 0 Å². The van der Waals surface area contributed by atoms with Gasteiger partial charge < -0.3 is 5.73 Å². The smallest absolute Gasteiger partial charge is 0.240 e. The molecule has 0 atom stereocenters. The molecule has 104 valence electrons. The molecule has 2 saturated carbocycles. The largest absolute Gasteiger partial charge is 0.396 e. The molecule has 3 N–H and O–H groups in total. The number of nitrogen functional groups attached to an aromatic ring is 1. The molecule has 3 rings (SSSR count). The van der Waals surface area contributed by atoms with Gasteiger partial charge >= 0.3 is 0 Å². The zero-order valence-corrected chi connectivity index (χ0v) is 11.3. The van der Waals surface area contributed by atoms with E-state index in [-0.39, 0.29) is 16.0 Å². The van der Waals surface area contributed by atoms with Crippen LogP contribution in [-0.4, -0.2) is 15.0 Å². The van der Waals surface area contributed by atoms with E-state index in [0.717, 1.165) is 18.9 Å². The zero-order chi connectivity index (χ0) is 13.7. The van der Waals surface area contributed by atoms with E-state index in [0.29, 0.717) is 12.5 Å². The molecule has 0 radical (unpaired) electrons. The second-order valence-corrected chi connectivity index (χ2v) is 7.41. The lowest BCUT2D eigenvalue weighted by Gasteiger charge is -2.15. The number of nitrogens with one attached hydrogen (secondary N) is 1. The first-order valence-electron chi connectivity index (χ1n) is 6.48. The summed E-state index contributed by atoms with van der Waals surface area (Å²) in [5.41, 5.74) is 5.48. The average molecular weight is 284 g/mol. The number of hydrogen-bond acceptors (Lipinski definition) is 3. The molecule has 0 saturated heterocycles. The monoisotopic (exact) mass is 284 g/mol. The van der Waals surface area contributed by atoms with Crippen LogP contribution in [0, 0.1) is 17.2 Å². The van der Waals surface area contributed by atoms with E-state index < -0.39 is 15.8 Å². The molecular formula is C13H17FN2O2S. The highest BCUT2D eigenvalue weighted by Gasteiger charge is 2.53. The van der Waals surface area contributed by atoms with Crippen LogP contribution in [0.2, 0.25) is 0 Å². The Hall–Kier alpha value is -1.14. The van der Waals surface area contributed by atoms with Gasteiger partial charge in [0.1, 0.15) is 5.82 Å². The van der Waals surface area contributed by atoms with Crippen molar-refractivity contribution in [3.8, 4) is 0 Å². The lowest BCUT2D eigenvalue weighted by Crippen LogP contribution is -2.31. The Morgan fingerprint density at radius 3 is 2.58 bits per heavy atom. The van der Waals surface area contributed by atoms with E-state index in [1.165, 1.54) is 25.0 Å². The fourth-order valence-corrected chi connectivity index (χ4v) is 3.73. The predicted octanol–water partition coefficient (Wildman–Crippen LogP) is 1.88. The van der Waals surface area contributed by atoms with Crippen molar-refractivity contribution in [2.24, 2.45) is 11.3 Å². The van der Waals surface area contributed by atoms with Crippen molar-refractivity contribution in [3.05, 3.63) is 24.0 Å². The van der Waals surface area contributed by atoms with Gasteiger partial charge in [0.25, 0.3) is 0 Å². The fourth-order valence-electron chi connectivity index (χ4n) is 2.58. The van der Waals surface area contributed by atoms with Crippen molar-refractivity contribution in [2.45, 2.75) is 30.6 Å². The third kappa shape index (κ3) is 2.47. The minimum atomic E-state index is -3.64. The van der Waals surface area contributed by atoms with E-state index >= 15 is 0 Å². The Balaban J connectivity index is 1.73. The third-order valence-corrected chi connectivity index (χ3v) is 5.63. The van der Waals surface area contributed by atoms with Crippen molar-refractivity contribution in [3.63, 3.8) is 0 Å².